The number of hydrogen-bond donors (Lipinski definition) is 2. The van der Waals surface area contributed by atoms with Crippen molar-refractivity contribution in [2.45, 2.75) is 38.2 Å². The molecule has 1 spiro atoms. The van der Waals surface area contributed by atoms with Gasteiger partial charge in [0.15, 0.2) is 5.78 Å². The Morgan fingerprint density at radius 3 is 2.29 bits per heavy atom. The summed E-state index contributed by atoms with van der Waals surface area (Å²) < 4.78 is 5.92. The van der Waals surface area contributed by atoms with Crippen molar-refractivity contribution in [2.75, 3.05) is 0 Å². The molecule has 1 fully saturated rings. The molecular weight excluding hydrogens is 407 g/mol. The lowest BCUT2D eigenvalue weighted by Gasteiger charge is -2.35. The Hall–Kier alpha value is -2.38. The third-order valence-electron chi connectivity index (χ3n) is 5.26. The number of imide groups is 2. The molecule has 0 saturated carbocycles. The van der Waals surface area contributed by atoms with E-state index in [-0.39, 0.29) is 28.6 Å². The van der Waals surface area contributed by atoms with Crippen molar-refractivity contribution in [1.82, 2.24) is 10.6 Å². The van der Waals surface area contributed by atoms with Crippen LogP contribution in [0.4, 0.5) is 4.79 Å². The molecule has 1 aliphatic carbocycles. The summed E-state index contributed by atoms with van der Waals surface area (Å²) in [6.07, 6.45) is 0.598. The van der Waals surface area contributed by atoms with E-state index in [9.17, 15) is 19.2 Å². The highest BCUT2D eigenvalue weighted by Gasteiger charge is 2.66. The van der Waals surface area contributed by atoms with Crippen molar-refractivity contribution in [2.24, 2.45) is 5.41 Å². The van der Waals surface area contributed by atoms with Crippen LogP contribution in [0.2, 0.25) is 10.0 Å². The van der Waals surface area contributed by atoms with Crippen LogP contribution in [-0.2, 0) is 19.1 Å². The third-order valence-corrected chi connectivity index (χ3v) is 5.82. The molecule has 0 aromatic heterocycles. The number of amides is 4. The monoisotopic (exact) mass is 422 g/mol. The molecule has 146 valence electrons. The minimum absolute atomic E-state index is 0.185. The summed E-state index contributed by atoms with van der Waals surface area (Å²) in [4.78, 5) is 50.4. The molecule has 3 aliphatic rings. The Labute approximate surface area is 170 Å². The first-order valence-electron chi connectivity index (χ1n) is 8.62. The molecule has 9 heteroatoms. The first kappa shape index (κ1) is 19.0. The fourth-order valence-corrected chi connectivity index (χ4v) is 4.66. The normalized spacial score (nSPS) is 25.4. The SMILES string of the molecule is CC1(C)CC(=O)C2=C(C1)OC1(C(=O)NC(=O)NC1=O)C2c1ccc(Cl)cc1Cl. The molecule has 28 heavy (non-hydrogen) atoms. The largest absolute Gasteiger partial charge is 0.470 e. The summed E-state index contributed by atoms with van der Waals surface area (Å²) in [6, 6.07) is 3.63. The maximum absolute atomic E-state index is 13.0. The minimum Gasteiger partial charge on any atom is -0.470 e. The van der Waals surface area contributed by atoms with Gasteiger partial charge in [0.2, 0.25) is 0 Å². The first-order valence-corrected chi connectivity index (χ1v) is 9.38. The van der Waals surface area contributed by atoms with Gasteiger partial charge in [0, 0.05) is 28.5 Å². The molecule has 2 aliphatic heterocycles. The second-order valence-electron chi connectivity index (χ2n) is 7.95. The van der Waals surface area contributed by atoms with Crippen LogP contribution in [-0.4, -0.2) is 29.2 Å². The van der Waals surface area contributed by atoms with Gasteiger partial charge in [-0.05, 0) is 23.1 Å². The van der Waals surface area contributed by atoms with Gasteiger partial charge in [-0.3, -0.25) is 25.0 Å². The van der Waals surface area contributed by atoms with Gasteiger partial charge in [-0.1, -0.05) is 43.1 Å². The Morgan fingerprint density at radius 1 is 1.04 bits per heavy atom. The zero-order valence-electron chi connectivity index (χ0n) is 15.0. The molecule has 1 atom stereocenters. The van der Waals surface area contributed by atoms with E-state index >= 15 is 0 Å². The Balaban J connectivity index is 1.96. The number of carbonyl (C=O) groups is 4. The Bertz CT molecular complexity index is 978. The molecule has 4 amide bonds. The number of allylic oxidation sites excluding steroid dienone is 1. The predicted octanol–water partition coefficient (Wildman–Crippen LogP) is 2.86. The quantitative estimate of drug-likeness (QED) is 0.677. The number of benzene rings is 1. The topological polar surface area (TPSA) is 102 Å². The summed E-state index contributed by atoms with van der Waals surface area (Å²) in [5, 5.41) is 4.70. The van der Waals surface area contributed by atoms with Crippen LogP contribution in [0.15, 0.2) is 29.5 Å². The number of urea groups is 1. The van der Waals surface area contributed by atoms with Gasteiger partial charge in [0.05, 0.1) is 5.92 Å². The molecule has 1 saturated heterocycles. The van der Waals surface area contributed by atoms with Crippen molar-refractivity contribution >= 4 is 46.8 Å². The van der Waals surface area contributed by atoms with Crippen molar-refractivity contribution in [1.29, 1.82) is 0 Å². The number of carbonyl (C=O) groups excluding carboxylic acids is 4. The summed E-state index contributed by atoms with van der Waals surface area (Å²) in [6.45, 7) is 3.80. The molecule has 1 unspecified atom stereocenters. The summed E-state index contributed by atoms with van der Waals surface area (Å²) in [7, 11) is 0. The van der Waals surface area contributed by atoms with Gasteiger partial charge in [-0.15, -0.1) is 0 Å². The van der Waals surface area contributed by atoms with Crippen molar-refractivity contribution in [3.05, 3.63) is 45.1 Å². The van der Waals surface area contributed by atoms with Crippen LogP contribution in [0.25, 0.3) is 0 Å². The van der Waals surface area contributed by atoms with E-state index in [1.165, 1.54) is 6.07 Å². The van der Waals surface area contributed by atoms with Gasteiger partial charge < -0.3 is 4.74 Å². The number of rotatable bonds is 1. The molecular formula is C19H16Cl2N2O5. The van der Waals surface area contributed by atoms with Crippen LogP contribution >= 0.6 is 23.2 Å². The number of ketones is 1. The summed E-state index contributed by atoms with van der Waals surface area (Å²) in [5.74, 6) is -2.91. The zero-order valence-corrected chi connectivity index (χ0v) is 16.5. The fourth-order valence-electron chi connectivity index (χ4n) is 4.14. The fraction of sp³-hybridized carbons (Fsp3) is 0.368. The first-order chi connectivity index (χ1) is 13.0. The second kappa shape index (κ2) is 6.06. The minimum atomic E-state index is -2.13. The van der Waals surface area contributed by atoms with Crippen molar-refractivity contribution in [3.63, 3.8) is 0 Å². The number of ether oxygens (including phenoxy) is 1. The average molecular weight is 423 g/mol. The lowest BCUT2D eigenvalue weighted by Crippen LogP contribution is -2.68. The molecule has 2 heterocycles. The van der Waals surface area contributed by atoms with Crippen LogP contribution in [0.5, 0.6) is 0 Å². The van der Waals surface area contributed by atoms with Crippen LogP contribution in [0, 0.1) is 5.41 Å². The van der Waals surface area contributed by atoms with E-state index in [0.717, 1.165) is 0 Å². The van der Waals surface area contributed by atoms with Gasteiger partial charge in [0.1, 0.15) is 5.76 Å². The van der Waals surface area contributed by atoms with E-state index in [2.05, 4.69) is 10.6 Å². The van der Waals surface area contributed by atoms with E-state index in [0.29, 0.717) is 17.0 Å². The van der Waals surface area contributed by atoms with Gasteiger partial charge in [-0.2, -0.15) is 0 Å². The molecule has 0 radical (unpaired) electrons. The number of nitrogens with one attached hydrogen (secondary N) is 2. The molecule has 7 nitrogen and oxygen atoms in total. The van der Waals surface area contributed by atoms with E-state index in [1.807, 2.05) is 13.8 Å². The number of halogens is 2. The highest BCUT2D eigenvalue weighted by Crippen LogP contribution is 2.55. The van der Waals surface area contributed by atoms with Gasteiger partial charge in [-0.25, -0.2) is 4.79 Å². The Morgan fingerprint density at radius 2 is 1.68 bits per heavy atom. The lowest BCUT2D eigenvalue weighted by atomic mass is 9.69. The smallest absolute Gasteiger partial charge is 0.328 e. The average Bonchev–Trinajstić information content (AvgIpc) is 2.88. The number of hydrogen-bond acceptors (Lipinski definition) is 5. The standard InChI is InChI=1S/C19H16Cl2N2O5/c1-18(2)6-11(24)13-12(7-18)28-19(15(25)22-17(27)23-16(19)26)14(13)9-4-3-8(20)5-10(9)21/h3-5,14H,6-7H2,1-2H3,(H2,22,23,25,26,27). The molecule has 0 bridgehead atoms. The van der Waals surface area contributed by atoms with Crippen LogP contribution < -0.4 is 10.6 Å². The molecule has 2 N–H and O–H groups in total. The number of barbiturate groups is 1. The molecule has 4 rings (SSSR count). The summed E-state index contributed by atoms with van der Waals surface area (Å²) >= 11 is 12.3. The lowest BCUT2D eigenvalue weighted by molar-refractivity contribution is -0.156. The van der Waals surface area contributed by atoms with Crippen LogP contribution in [0.3, 0.4) is 0 Å². The van der Waals surface area contributed by atoms with Gasteiger partial charge >= 0.3 is 6.03 Å². The molecule has 1 aromatic rings. The maximum atomic E-state index is 13.0. The van der Waals surface area contributed by atoms with Crippen LogP contribution in [0.1, 0.15) is 38.2 Å². The maximum Gasteiger partial charge on any atom is 0.328 e. The van der Waals surface area contributed by atoms with E-state index < -0.39 is 34.8 Å². The van der Waals surface area contributed by atoms with E-state index in [4.69, 9.17) is 27.9 Å². The second-order valence-corrected chi connectivity index (χ2v) is 8.80. The van der Waals surface area contributed by atoms with Crippen molar-refractivity contribution in [3.8, 4) is 0 Å². The highest BCUT2D eigenvalue weighted by molar-refractivity contribution is 6.35. The summed E-state index contributed by atoms with van der Waals surface area (Å²) in [5.41, 5.74) is -1.94. The third kappa shape index (κ3) is 2.64. The zero-order chi connectivity index (χ0) is 20.4. The van der Waals surface area contributed by atoms with E-state index in [1.54, 1.807) is 12.1 Å². The highest BCUT2D eigenvalue weighted by atomic mass is 35.5. The van der Waals surface area contributed by atoms with Crippen molar-refractivity contribution < 1.29 is 23.9 Å². The molecule has 1 aromatic carbocycles. The Kier molecular flexibility index (Phi) is 4.10. The number of Topliss-reactive ketones (excluding diaryl/α,β-unsaturated/α-hetero) is 1. The van der Waals surface area contributed by atoms with Gasteiger partial charge in [0.25, 0.3) is 17.4 Å². The predicted molar refractivity (Wildman–Crippen MR) is 99.7 cm³/mol.